The summed E-state index contributed by atoms with van der Waals surface area (Å²) in [6.07, 6.45) is 1.67. The van der Waals surface area contributed by atoms with Crippen molar-refractivity contribution in [3.63, 3.8) is 0 Å². The van der Waals surface area contributed by atoms with Crippen molar-refractivity contribution in [1.29, 1.82) is 0 Å². The van der Waals surface area contributed by atoms with Crippen molar-refractivity contribution in [2.45, 2.75) is 13.0 Å². The predicted molar refractivity (Wildman–Crippen MR) is 64.1 cm³/mol. The lowest BCUT2D eigenvalue weighted by Crippen LogP contribution is -2.17. The number of nitrogens with zero attached hydrogens (tertiary/aromatic N) is 2. The van der Waals surface area contributed by atoms with Gasteiger partial charge >= 0.3 is 0 Å². The van der Waals surface area contributed by atoms with Crippen molar-refractivity contribution in [3.8, 4) is 10.6 Å². The minimum Gasteiger partial charge on any atom is -0.394 e. The van der Waals surface area contributed by atoms with Crippen molar-refractivity contribution in [2.24, 2.45) is 5.73 Å². The highest BCUT2D eigenvalue weighted by Crippen LogP contribution is 2.27. The molecule has 0 fully saturated rings. The second-order valence-electron chi connectivity index (χ2n) is 3.52. The number of aliphatic hydroxyl groups excluding tert-OH is 1. The number of aromatic nitrogens is 2. The zero-order chi connectivity index (χ0) is 11.5. The molecule has 0 amide bonds. The van der Waals surface area contributed by atoms with Crippen LogP contribution in [0.3, 0.4) is 0 Å². The molecule has 3 N–H and O–H groups in total. The second kappa shape index (κ2) is 4.69. The molecule has 84 valence electrons. The summed E-state index contributed by atoms with van der Waals surface area (Å²) in [6, 6.07) is 3.39. The molecule has 0 bridgehead atoms. The van der Waals surface area contributed by atoms with Crippen molar-refractivity contribution in [3.05, 3.63) is 35.1 Å². The number of hydrogen-bond donors (Lipinski definition) is 2. The van der Waals surface area contributed by atoms with Crippen molar-refractivity contribution < 1.29 is 5.11 Å². The lowest BCUT2D eigenvalue weighted by atomic mass is 10.2. The molecule has 16 heavy (non-hydrogen) atoms. The third-order valence-corrected chi connectivity index (χ3v) is 3.34. The molecule has 0 aliphatic rings. The van der Waals surface area contributed by atoms with Crippen LogP contribution in [-0.2, 0) is 0 Å². The maximum Gasteiger partial charge on any atom is 0.147 e. The second-order valence-corrected chi connectivity index (χ2v) is 4.44. The molecule has 1 unspecified atom stereocenters. The minimum atomic E-state index is -0.514. The summed E-state index contributed by atoms with van der Waals surface area (Å²) >= 11 is 1.64. The van der Waals surface area contributed by atoms with Crippen LogP contribution in [0, 0.1) is 6.92 Å². The lowest BCUT2D eigenvalue weighted by molar-refractivity contribution is 0.263. The van der Waals surface area contributed by atoms with E-state index in [-0.39, 0.29) is 6.61 Å². The summed E-state index contributed by atoms with van der Waals surface area (Å²) in [6.45, 7) is 1.90. The van der Waals surface area contributed by atoms with Crippen LogP contribution in [0.2, 0.25) is 0 Å². The Morgan fingerprint density at radius 2 is 2.31 bits per heavy atom. The first-order chi connectivity index (χ1) is 7.72. The maximum absolute atomic E-state index is 8.96. The van der Waals surface area contributed by atoms with Crippen molar-refractivity contribution in [2.75, 3.05) is 6.61 Å². The van der Waals surface area contributed by atoms with Crippen LogP contribution in [0.1, 0.15) is 17.4 Å². The molecule has 1 atom stereocenters. The van der Waals surface area contributed by atoms with E-state index < -0.39 is 6.04 Å². The Morgan fingerprint density at radius 1 is 1.50 bits per heavy atom. The molecule has 0 saturated heterocycles. The Labute approximate surface area is 97.8 Å². The third-order valence-electron chi connectivity index (χ3n) is 2.30. The van der Waals surface area contributed by atoms with Gasteiger partial charge in [0.15, 0.2) is 0 Å². The first-order valence-electron chi connectivity index (χ1n) is 4.96. The molecule has 2 aromatic rings. The van der Waals surface area contributed by atoms with Gasteiger partial charge in [-0.1, -0.05) is 0 Å². The van der Waals surface area contributed by atoms with E-state index in [1.807, 2.05) is 24.4 Å². The van der Waals surface area contributed by atoms with Crippen LogP contribution in [0.5, 0.6) is 0 Å². The number of aliphatic hydroxyl groups is 1. The van der Waals surface area contributed by atoms with Crippen LogP contribution in [0.25, 0.3) is 10.6 Å². The first-order valence-corrected chi connectivity index (χ1v) is 5.84. The van der Waals surface area contributed by atoms with Gasteiger partial charge in [0, 0.05) is 6.20 Å². The third kappa shape index (κ3) is 2.11. The van der Waals surface area contributed by atoms with Gasteiger partial charge in [0.25, 0.3) is 0 Å². The standard InChI is InChI=1S/C11H13N3OS/c1-7-3-5-16-10(7)9-2-4-13-11(14-9)8(12)6-15/h2-5,8,15H,6,12H2,1H3. The summed E-state index contributed by atoms with van der Waals surface area (Å²) in [4.78, 5) is 9.54. The average molecular weight is 235 g/mol. The number of aryl methyl sites for hydroxylation is 1. The average Bonchev–Trinajstić information content (AvgIpc) is 2.74. The van der Waals surface area contributed by atoms with Gasteiger partial charge in [0.05, 0.1) is 23.2 Å². The summed E-state index contributed by atoms with van der Waals surface area (Å²) < 4.78 is 0. The quantitative estimate of drug-likeness (QED) is 0.845. The molecule has 4 nitrogen and oxygen atoms in total. The van der Waals surface area contributed by atoms with E-state index in [2.05, 4.69) is 9.97 Å². The van der Waals surface area contributed by atoms with Crippen LogP contribution in [0.4, 0.5) is 0 Å². The van der Waals surface area contributed by atoms with E-state index in [4.69, 9.17) is 10.8 Å². The van der Waals surface area contributed by atoms with E-state index in [1.54, 1.807) is 17.5 Å². The van der Waals surface area contributed by atoms with Crippen LogP contribution in [0.15, 0.2) is 23.7 Å². The smallest absolute Gasteiger partial charge is 0.147 e. The van der Waals surface area contributed by atoms with E-state index >= 15 is 0 Å². The van der Waals surface area contributed by atoms with Gasteiger partial charge in [-0.3, -0.25) is 0 Å². The Bertz CT molecular complexity index is 484. The van der Waals surface area contributed by atoms with E-state index in [9.17, 15) is 0 Å². The van der Waals surface area contributed by atoms with E-state index in [0.29, 0.717) is 5.82 Å². The van der Waals surface area contributed by atoms with Gasteiger partial charge in [-0.15, -0.1) is 11.3 Å². The van der Waals surface area contributed by atoms with Gasteiger partial charge in [0.2, 0.25) is 0 Å². The fourth-order valence-electron chi connectivity index (χ4n) is 1.40. The Balaban J connectivity index is 2.40. The van der Waals surface area contributed by atoms with Gasteiger partial charge in [-0.2, -0.15) is 0 Å². The zero-order valence-corrected chi connectivity index (χ0v) is 9.74. The Morgan fingerprint density at radius 3 is 2.94 bits per heavy atom. The summed E-state index contributed by atoms with van der Waals surface area (Å²) in [5, 5.41) is 11.0. The molecule has 0 aliphatic heterocycles. The normalized spacial score (nSPS) is 12.7. The number of hydrogen-bond acceptors (Lipinski definition) is 5. The largest absolute Gasteiger partial charge is 0.394 e. The van der Waals surface area contributed by atoms with Gasteiger partial charge in [0.1, 0.15) is 5.82 Å². The highest BCUT2D eigenvalue weighted by Gasteiger charge is 2.10. The van der Waals surface area contributed by atoms with Gasteiger partial charge in [-0.25, -0.2) is 9.97 Å². The molecule has 2 heterocycles. The summed E-state index contributed by atoms with van der Waals surface area (Å²) in [5.74, 6) is 0.479. The molecular weight excluding hydrogens is 222 g/mol. The van der Waals surface area contributed by atoms with Crippen molar-refractivity contribution >= 4 is 11.3 Å². The highest BCUT2D eigenvalue weighted by atomic mass is 32.1. The molecule has 5 heteroatoms. The summed E-state index contributed by atoms with van der Waals surface area (Å²) in [5.41, 5.74) is 7.73. The Kier molecular flexibility index (Phi) is 3.28. The van der Waals surface area contributed by atoms with Gasteiger partial charge < -0.3 is 10.8 Å². The number of nitrogens with two attached hydrogens (primary N) is 1. The molecular formula is C11H13N3OS. The first kappa shape index (κ1) is 11.2. The van der Waals surface area contributed by atoms with Crippen LogP contribution >= 0.6 is 11.3 Å². The van der Waals surface area contributed by atoms with Crippen molar-refractivity contribution in [1.82, 2.24) is 9.97 Å². The summed E-state index contributed by atoms with van der Waals surface area (Å²) in [7, 11) is 0. The van der Waals surface area contributed by atoms with Crippen LogP contribution in [-0.4, -0.2) is 21.7 Å². The van der Waals surface area contributed by atoms with Crippen LogP contribution < -0.4 is 5.73 Å². The lowest BCUT2D eigenvalue weighted by Gasteiger charge is -2.07. The predicted octanol–water partition coefficient (Wildman–Crippen LogP) is 1.51. The molecule has 0 spiro atoms. The fourth-order valence-corrected chi connectivity index (χ4v) is 2.29. The molecule has 0 aliphatic carbocycles. The van der Waals surface area contributed by atoms with E-state index in [1.165, 1.54) is 5.56 Å². The van der Waals surface area contributed by atoms with Gasteiger partial charge in [-0.05, 0) is 30.0 Å². The fraction of sp³-hybridized carbons (Fsp3) is 0.273. The topological polar surface area (TPSA) is 72.0 Å². The Hall–Kier alpha value is -1.30. The molecule has 0 saturated carbocycles. The monoisotopic (exact) mass is 235 g/mol. The molecule has 0 radical (unpaired) electrons. The minimum absolute atomic E-state index is 0.146. The number of rotatable bonds is 3. The SMILES string of the molecule is Cc1ccsc1-c1ccnc(C(N)CO)n1. The maximum atomic E-state index is 8.96. The highest BCUT2D eigenvalue weighted by molar-refractivity contribution is 7.13. The zero-order valence-electron chi connectivity index (χ0n) is 8.92. The molecule has 2 rings (SSSR count). The molecule has 2 aromatic heterocycles. The molecule has 0 aromatic carbocycles. The van der Waals surface area contributed by atoms with E-state index in [0.717, 1.165) is 10.6 Å². The number of thiophene rings is 1.